The number of nitrogens with zero attached hydrogens (tertiary/aromatic N) is 4. The normalized spacial score (nSPS) is 11.3. The monoisotopic (exact) mass is 421 g/mol. The lowest BCUT2D eigenvalue weighted by Crippen LogP contribution is -2.38. The third-order valence-corrected chi connectivity index (χ3v) is 4.04. The Morgan fingerprint density at radius 1 is 1.27 bits per heavy atom. The lowest BCUT2D eigenvalue weighted by Gasteiger charge is -2.11. The Morgan fingerprint density at radius 2 is 2.08 bits per heavy atom. The van der Waals surface area contributed by atoms with E-state index in [1.807, 2.05) is 26.1 Å². The molecule has 0 aliphatic heterocycles. The average molecular weight is 422 g/mol. The molecule has 0 aliphatic rings. The van der Waals surface area contributed by atoms with Crippen LogP contribution in [0.15, 0.2) is 40.1 Å². The molecule has 3 N–H and O–H groups in total. The second kappa shape index (κ2) is 10.5. The summed E-state index contributed by atoms with van der Waals surface area (Å²) >= 11 is 3.37. The lowest BCUT2D eigenvalue weighted by molar-refractivity contribution is 0.0953. The van der Waals surface area contributed by atoms with Gasteiger partial charge in [0.05, 0.1) is 0 Å². The molecule has 1 heterocycles. The molecule has 0 unspecified atom stereocenters. The lowest BCUT2D eigenvalue weighted by atomic mass is 10.2. The number of carbonyl (C=O) groups is 1. The number of amides is 1. The molecule has 9 heteroatoms. The average Bonchev–Trinajstić information content (AvgIpc) is 3.04. The van der Waals surface area contributed by atoms with Crippen LogP contribution in [0.5, 0.6) is 0 Å². The summed E-state index contributed by atoms with van der Waals surface area (Å²) in [4.78, 5) is 20.7. The summed E-state index contributed by atoms with van der Waals surface area (Å²) in [5.41, 5.74) is 0.644. The number of aryl methyl sites for hydroxylation is 1. The van der Waals surface area contributed by atoms with Gasteiger partial charge in [0.2, 0.25) is 0 Å². The molecule has 2 rings (SSSR count). The van der Waals surface area contributed by atoms with E-state index < -0.39 is 0 Å². The highest BCUT2D eigenvalue weighted by Gasteiger charge is 2.05. The van der Waals surface area contributed by atoms with Crippen molar-refractivity contribution in [3.63, 3.8) is 0 Å². The van der Waals surface area contributed by atoms with E-state index in [1.165, 1.54) is 6.33 Å². The smallest absolute Gasteiger partial charge is 0.251 e. The molecule has 1 aromatic heterocycles. The largest absolute Gasteiger partial charge is 0.357 e. The summed E-state index contributed by atoms with van der Waals surface area (Å²) < 4.78 is 2.59. The fourth-order valence-corrected chi connectivity index (χ4v) is 2.58. The molecule has 0 fully saturated rings. The highest BCUT2D eigenvalue weighted by atomic mass is 79.9. The summed E-state index contributed by atoms with van der Waals surface area (Å²) in [5, 5.41) is 13.4. The van der Waals surface area contributed by atoms with Crippen molar-refractivity contribution in [1.29, 1.82) is 0 Å². The van der Waals surface area contributed by atoms with Crippen molar-refractivity contribution in [3.05, 3.63) is 46.5 Å². The number of rotatable bonds is 8. The molecule has 2 aromatic rings. The van der Waals surface area contributed by atoms with Gasteiger partial charge in [-0.05, 0) is 31.5 Å². The number of aliphatic imine (C=N–C) groups is 1. The van der Waals surface area contributed by atoms with Crippen molar-refractivity contribution >= 4 is 27.8 Å². The summed E-state index contributed by atoms with van der Waals surface area (Å²) in [6, 6.07) is 7.33. The number of hydrogen-bond donors (Lipinski definition) is 3. The van der Waals surface area contributed by atoms with Crippen LogP contribution in [0.25, 0.3) is 0 Å². The Bertz CT molecular complexity index is 744. The number of nitrogens with one attached hydrogen (secondary N) is 3. The van der Waals surface area contributed by atoms with E-state index in [0.717, 1.165) is 23.3 Å². The Morgan fingerprint density at radius 3 is 2.77 bits per heavy atom. The maximum absolute atomic E-state index is 12.1. The molecular weight excluding hydrogens is 398 g/mol. The fraction of sp³-hybridized carbons (Fsp3) is 0.412. The van der Waals surface area contributed by atoms with E-state index in [4.69, 9.17) is 0 Å². The van der Waals surface area contributed by atoms with Gasteiger partial charge < -0.3 is 16.0 Å². The molecular formula is C17H24BrN7O. The van der Waals surface area contributed by atoms with Gasteiger partial charge in [-0.2, -0.15) is 5.10 Å². The topological polar surface area (TPSA) is 96.2 Å². The first kappa shape index (κ1) is 19.9. The van der Waals surface area contributed by atoms with E-state index >= 15 is 0 Å². The molecule has 0 radical (unpaired) electrons. The van der Waals surface area contributed by atoms with E-state index in [0.29, 0.717) is 31.2 Å². The first-order chi connectivity index (χ1) is 12.6. The predicted octanol–water partition coefficient (Wildman–Crippen LogP) is 1.45. The standard InChI is InChI=1S/C17H24BrN7O/c1-3-19-17(22-11-15-23-12-24-25(15)2)21-9-5-8-20-16(26)13-6-4-7-14(18)10-13/h4,6-7,10,12H,3,5,8-9,11H2,1-2H3,(H,20,26)(H2,19,21,22). The Labute approximate surface area is 161 Å². The number of carbonyl (C=O) groups excluding carboxylic acids is 1. The molecule has 0 saturated heterocycles. The van der Waals surface area contributed by atoms with Gasteiger partial charge >= 0.3 is 0 Å². The molecule has 0 aliphatic carbocycles. The van der Waals surface area contributed by atoms with Crippen LogP contribution in [0, 0.1) is 0 Å². The Kier molecular flexibility index (Phi) is 8.07. The SMILES string of the molecule is CCNC(=NCc1ncnn1C)NCCCNC(=O)c1cccc(Br)c1. The van der Waals surface area contributed by atoms with Crippen LogP contribution < -0.4 is 16.0 Å². The van der Waals surface area contributed by atoms with Crippen molar-refractivity contribution < 1.29 is 4.79 Å². The van der Waals surface area contributed by atoms with Crippen molar-refractivity contribution in [2.24, 2.45) is 12.0 Å². The Hall–Kier alpha value is -2.42. The first-order valence-electron chi connectivity index (χ1n) is 8.49. The molecule has 140 valence electrons. The molecule has 26 heavy (non-hydrogen) atoms. The van der Waals surface area contributed by atoms with Gasteiger partial charge in [-0.3, -0.25) is 9.48 Å². The van der Waals surface area contributed by atoms with Crippen LogP contribution in [-0.4, -0.2) is 46.3 Å². The Balaban J connectivity index is 1.72. The predicted molar refractivity (Wildman–Crippen MR) is 105 cm³/mol. The van der Waals surface area contributed by atoms with E-state index in [9.17, 15) is 4.79 Å². The minimum atomic E-state index is -0.0749. The van der Waals surface area contributed by atoms with Crippen LogP contribution in [0.4, 0.5) is 0 Å². The molecule has 0 saturated carbocycles. The van der Waals surface area contributed by atoms with Crippen LogP contribution in [0.3, 0.4) is 0 Å². The van der Waals surface area contributed by atoms with Crippen LogP contribution in [0.2, 0.25) is 0 Å². The van der Waals surface area contributed by atoms with Crippen molar-refractivity contribution in [3.8, 4) is 0 Å². The molecule has 0 bridgehead atoms. The number of hydrogen-bond acceptors (Lipinski definition) is 4. The molecule has 0 atom stereocenters. The van der Waals surface area contributed by atoms with Gasteiger partial charge in [-0.25, -0.2) is 9.98 Å². The minimum absolute atomic E-state index is 0.0749. The first-order valence-corrected chi connectivity index (χ1v) is 9.28. The number of benzene rings is 1. The van der Waals surface area contributed by atoms with E-state index in [2.05, 4.69) is 47.0 Å². The van der Waals surface area contributed by atoms with E-state index in [1.54, 1.807) is 16.8 Å². The second-order valence-corrected chi connectivity index (χ2v) is 6.46. The quantitative estimate of drug-likeness (QED) is 0.340. The fourth-order valence-electron chi connectivity index (χ4n) is 2.18. The van der Waals surface area contributed by atoms with Gasteiger partial charge in [-0.15, -0.1) is 0 Å². The zero-order valence-electron chi connectivity index (χ0n) is 15.0. The molecule has 0 spiro atoms. The second-order valence-electron chi connectivity index (χ2n) is 5.54. The van der Waals surface area contributed by atoms with Gasteiger partial charge in [0.15, 0.2) is 5.96 Å². The van der Waals surface area contributed by atoms with Gasteiger partial charge in [0.25, 0.3) is 5.91 Å². The maximum atomic E-state index is 12.1. The van der Waals surface area contributed by atoms with E-state index in [-0.39, 0.29) is 5.91 Å². The summed E-state index contributed by atoms with van der Waals surface area (Å²) in [7, 11) is 1.84. The van der Waals surface area contributed by atoms with Crippen LogP contribution in [-0.2, 0) is 13.6 Å². The molecule has 1 amide bonds. The van der Waals surface area contributed by atoms with Crippen molar-refractivity contribution in [1.82, 2.24) is 30.7 Å². The van der Waals surface area contributed by atoms with Crippen molar-refractivity contribution in [2.75, 3.05) is 19.6 Å². The van der Waals surface area contributed by atoms with Crippen LogP contribution >= 0.6 is 15.9 Å². The highest BCUT2D eigenvalue weighted by molar-refractivity contribution is 9.10. The van der Waals surface area contributed by atoms with Gasteiger partial charge in [-0.1, -0.05) is 22.0 Å². The number of halogens is 1. The summed E-state index contributed by atoms with van der Waals surface area (Å²) in [6.45, 7) is 4.51. The summed E-state index contributed by atoms with van der Waals surface area (Å²) in [6.07, 6.45) is 2.30. The number of aromatic nitrogens is 3. The summed E-state index contributed by atoms with van der Waals surface area (Å²) in [5.74, 6) is 1.44. The van der Waals surface area contributed by atoms with Crippen LogP contribution in [0.1, 0.15) is 29.5 Å². The van der Waals surface area contributed by atoms with Gasteiger partial charge in [0, 0.05) is 36.7 Å². The zero-order chi connectivity index (χ0) is 18.8. The molecule has 8 nitrogen and oxygen atoms in total. The van der Waals surface area contributed by atoms with Crippen molar-refractivity contribution in [2.45, 2.75) is 19.9 Å². The maximum Gasteiger partial charge on any atom is 0.251 e. The third-order valence-electron chi connectivity index (χ3n) is 3.55. The third kappa shape index (κ3) is 6.47. The molecule has 1 aromatic carbocycles. The zero-order valence-corrected chi connectivity index (χ0v) is 16.6. The number of guanidine groups is 1. The highest BCUT2D eigenvalue weighted by Crippen LogP contribution is 2.11. The van der Waals surface area contributed by atoms with Gasteiger partial charge in [0.1, 0.15) is 18.7 Å². The minimum Gasteiger partial charge on any atom is -0.357 e.